The number of amides is 1. The highest BCUT2D eigenvalue weighted by molar-refractivity contribution is 7.92. The van der Waals surface area contributed by atoms with Gasteiger partial charge in [0.1, 0.15) is 5.75 Å². The van der Waals surface area contributed by atoms with Gasteiger partial charge in [-0.1, -0.05) is 30.3 Å². The molecule has 1 N–H and O–H groups in total. The summed E-state index contributed by atoms with van der Waals surface area (Å²) in [6, 6.07) is 14.3. The van der Waals surface area contributed by atoms with Crippen molar-refractivity contribution < 1.29 is 17.9 Å². The van der Waals surface area contributed by atoms with Crippen molar-refractivity contribution in [1.29, 1.82) is 0 Å². The molecular formula is C20H23N3O4S. The number of nitrogens with zero attached hydrogens (tertiary/aromatic N) is 2. The Balaban J connectivity index is 1.95. The number of nitrogens with one attached hydrogen (secondary N) is 1. The normalized spacial score (nSPS) is 16.6. The number of ether oxygens (including phenoxy) is 1. The number of para-hydroxylation sites is 1. The standard InChI is InChI=1S/C20H23N3O4S/c1-4-27-20-11-6-5-10-17(20)19-13-18(21-23(19)14(2)24)15-8-7-9-16(12-15)22-28(3,25)26/h5-12,19,22H,4,13H2,1-3H3/t19-/m0/s1. The van der Waals surface area contributed by atoms with Crippen molar-refractivity contribution in [2.45, 2.75) is 26.3 Å². The zero-order valence-electron chi connectivity index (χ0n) is 16.0. The van der Waals surface area contributed by atoms with Gasteiger partial charge in [-0.15, -0.1) is 0 Å². The van der Waals surface area contributed by atoms with E-state index < -0.39 is 10.0 Å². The minimum atomic E-state index is -3.38. The maximum atomic E-state index is 12.2. The van der Waals surface area contributed by atoms with E-state index >= 15 is 0 Å². The molecule has 0 aliphatic carbocycles. The van der Waals surface area contributed by atoms with Gasteiger partial charge < -0.3 is 4.74 Å². The van der Waals surface area contributed by atoms with Crippen LogP contribution < -0.4 is 9.46 Å². The first-order valence-corrected chi connectivity index (χ1v) is 10.8. The Labute approximate surface area is 165 Å². The fraction of sp³-hybridized carbons (Fsp3) is 0.300. The second kappa shape index (κ2) is 8.02. The molecular weight excluding hydrogens is 378 g/mol. The van der Waals surface area contributed by atoms with E-state index in [0.29, 0.717) is 24.4 Å². The van der Waals surface area contributed by atoms with E-state index in [2.05, 4.69) is 9.82 Å². The molecule has 148 valence electrons. The predicted molar refractivity (Wildman–Crippen MR) is 109 cm³/mol. The Bertz CT molecular complexity index is 1020. The van der Waals surface area contributed by atoms with Crippen molar-refractivity contribution >= 4 is 27.3 Å². The molecule has 0 radical (unpaired) electrons. The van der Waals surface area contributed by atoms with Crippen molar-refractivity contribution in [3.63, 3.8) is 0 Å². The summed E-state index contributed by atoms with van der Waals surface area (Å²) in [5.41, 5.74) is 2.82. The second-order valence-corrected chi connectivity index (χ2v) is 8.30. The van der Waals surface area contributed by atoms with Crippen LogP contribution in [0.25, 0.3) is 0 Å². The van der Waals surface area contributed by atoms with Gasteiger partial charge >= 0.3 is 0 Å². The summed E-state index contributed by atoms with van der Waals surface area (Å²) in [5, 5.41) is 5.98. The largest absolute Gasteiger partial charge is 0.494 e. The topological polar surface area (TPSA) is 88.1 Å². The molecule has 0 unspecified atom stereocenters. The molecule has 0 saturated heterocycles. The monoisotopic (exact) mass is 401 g/mol. The Morgan fingerprint density at radius 2 is 2.00 bits per heavy atom. The molecule has 0 bridgehead atoms. The molecule has 1 amide bonds. The number of hydrogen-bond donors (Lipinski definition) is 1. The van der Waals surface area contributed by atoms with Gasteiger partial charge in [-0.05, 0) is 30.7 Å². The molecule has 2 aromatic carbocycles. The summed E-state index contributed by atoms with van der Waals surface area (Å²) in [6.07, 6.45) is 1.61. The van der Waals surface area contributed by atoms with E-state index in [4.69, 9.17) is 4.74 Å². The minimum absolute atomic E-state index is 0.170. The van der Waals surface area contributed by atoms with Gasteiger partial charge in [0.05, 0.1) is 24.6 Å². The van der Waals surface area contributed by atoms with Gasteiger partial charge in [-0.25, -0.2) is 13.4 Å². The van der Waals surface area contributed by atoms with Crippen LogP contribution in [0.1, 0.15) is 37.4 Å². The lowest BCUT2D eigenvalue weighted by molar-refractivity contribution is -0.130. The summed E-state index contributed by atoms with van der Waals surface area (Å²) in [7, 11) is -3.38. The van der Waals surface area contributed by atoms with Crippen molar-refractivity contribution in [3.05, 3.63) is 59.7 Å². The molecule has 1 heterocycles. The van der Waals surface area contributed by atoms with Crippen LogP contribution in [0.5, 0.6) is 5.75 Å². The SMILES string of the molecule is CCOc1ccccc1[C@@H]1CC(c2cccc(NS(C)(=O)=O)c2)=NN1C(C)=O. The first kappa shape index (κ1) is 19.9. The Morgan fingerprint density at radius 3 is 2.68 bits per heavy atom. The number of benzene rings is 2. The van der Waals surface area contributed by atoms with E-state index in [1.165, 1.54) is 11.9 Å². The fourth-order valence-electron chi connectivity index (χ4n) is 3.24. The third-order valence-electron chi connectivity index (χ3n) is 4.31. The van der Waals surface area contributed by atoms with Gasteiger partial charge in [0.2, 0.25) is 15.9 Å². The van der Waals surface area contributed by atoms with Crippen LogP contribution in [0, 0.1) is 0 Å². The van der Waals surface area contributed by atoms with Gasteiger partial charge in [-0.2, -0.15) is 5.10 Å². The van der Waals surface area contributed by atoms with Gasteiger partial charge in [-0.3, -0.25) is 9.52 Å². The Kier molecular flexibility index (Phi) is 5.69. The van der Waals surface area contributed by atoms with E-state index in [9.17, 15) is 13.2 Å². The van der Waals surface area contributed by atoms with Crippen LogP contribution >= 0.6 is 0 Å². The lowest BCUT2D eigenvalue weighted by Crippen LogP contribution is -2.24. The van der Waals surface area contributed by atoms with E-state index in [-0.39, 0.29) is 11.9 Å². The van der Waals surface area contributed by atoms with E-state index in [0.717, 1.165) is 23.1 Å². The maximum Gasteiger partial charge on any atom is 0.240 e. The number of sulfonamides is 1. The molecule has 1 aliphatic rings. The Morgan fingerprint density at radius 1 is 1.25 bits per heavy atom. The number of hydrazone groups is 1. The summed E-state index contributed by atoms with van der Waals surface area (Å²) in [5.74, 6) is 0.557. The predicted octanol–water partition coefficient (Wildman–Crippen LogP) is 3.15. The molecule has 0 aromatic heterocycles. The lowest BCUT2D eigenvalue weighted by Gasteiger charge is -2.22. The smallest absolute Gasteiger partial charge is 0.240 e. The first-order valence-electron chi connectivity index (χ1n) is 8.95. The highest BCUT2D eigenvalue weighted by Gasteiger charge is 2.33. The number of hydrogen-bond acceptors (Lipinski definition) is 5. The third-order valence-corrected chi connectivity index (χ3v) is 4.92. The molecule has 0 spiro atoms. The summed E-state index contributed by atoms with van der Waals surface area (Å²) >= 11 is 0. The second-order valence-electron chi connectivity index (χ2n) is 6.56. The van der Waals surface area contributed by atoms with Crippen LogP contribution in [-0.2, 0) is 14.8 Å². The van der Waals surface area contributed by atoms with Crippen LogP contribution in [-0.4, -0.2) is 37.9 Å². The van der Waals surface area contributed by atoms with Gasteiger partial charge in [0.15, 0.2) is 0 Å². The maximum absolute atomic E-state index is 12.2. The lowest BCUT2D eigenvalue weighted by atomic mass is 9.97. The molecule has 0 saturated carbocycles. The number of rotatable bonds is 6. The third kappa shape index (κ3) is 4.51. The van der Waals surface area contributed by atoms with Crippen molar-refractivity contribution in [1.82, 2.24) is 5.01 Å². The van der Waals surface area contributed by atoms with E-state index in [1.54, 1.807) is 18.2 Å². The number of carbonyl (C=O) groups excluding carboxylic acids is 1. The molecule has 7 nitrogen and oxygen atoms in total. The minimum Gasteiger partial charge on any atom is -0.494 e. The molecule has 8 heteroatoms. The fourth-order valence-corrected chi connectivity index (χ4v) is 3.79. The molecule has 1 aliphatic heterocycles. The van der Waals surface area contributed by atoms with Gasteiger partial charge in [0, 0.05) is 24.6 Å². The van der Waals surface area contributed by atoms with Crippen LogP contribution in [0.15, 0.2) is 53.6 Å². The summed E-state index contributed by atoms with van der Waals surface area (Å²) in [6.45, 7) is 3.91. The van der Waals surface area contributed by atoms with Crippen LogP contribution in [0.4, 0.5) is 5.69 Å². The molecule has 1 atom stereocenters. The summed E-state index contributed by atoms with van der Waals surface area (Å²) in [4.78, 5) is 12.2. The first-order chi connectivity index (χ1) is 13.3. The van der Waals surface area contributed by atoms with Crippen molar-refractivity contribution in [2.75, 3.05) is 17.6 Å². The van der Waals surface area contributed by atoms with E-state index in [1.807, 2.05) is 37.3 Å². The zero-order valence-corrected chi connectivity index (χ0v) is 16.9. The highest BCUT2D eigenvalue weighted by Crippen LogP contribution is 2.37. The molecule has 3 rings (SSSR count). The highest BCUT2D eigenvalue weighted by atomic mass is 32.2. The molecule has 28 heavy (non-hydrogen) atoms. The van der Waals surface area contributed by atoms with Crippen molar-refractivity contribution in [3.8, 4) is 5.75 Å². The number of anilines is 1. The average Bonchev–Trinajstić information content (AvgIpc) is 3.07. The zero-order chi connectivity index (χ0) is 20.3. The number of carbonyl (C=O) groups is 1. The quantitative estimate of drug-likeness (QED) is 0.805. The molecule has 0 fully saturated rings. The summed E-state index contributed by atoms with van der Waals surface area (Å²) < 4.78 is 31.2. The van der Waals surface area contributed by atoms with Gasteiger partial charge in [0.25, 0.3) is 0 Å². The van der Waals surface area contributed by atoms with Crippen molar-refractivity contribution in [2.24, 2.45) is 5.10 Å². The molecule has 2 aromatic rings. The Hall–Kier alpha value is -2.87. The average molecular weight is 401 g/mol. The van der Waals surface area contributed by atoms with Crippen LogP contribution in [0.3, 0.4) is 0 Å². The van der Waals surface area contributed by atoms with Crippen LogP contribution in [0.2, 0.25) is 0 Å².